The predicted octanol–water partition coefficient (Wildman–Crippen LogP) is 1.35. The van der Waals surface area contributed by atoms with Crippen LogP contribution in [0.25, 0.3) is 0 Å². The molecule has 18 heavy (non-hydrogen) atoms. The summed E-state index contributed by atoms with van der Waals surface area (Å²) in [4.78, 5) is 14.0. The SMILES string of the molecule is CC1CCN(CCCNC(=O)CC(C)(C)N)CC1. The highest BCUT2D eigenvalue weighted by Crippen LogP contribution is 2.15. The van der Waals surface area contributed by atoms with Crippen molar-refractivity contribution < 1.29 is 4.79 Å². The first kappa shape index (κ1) is 15.4. The Morgan fingerprint density at radius 2 is 2.00 bits per heavy atom. The molecule has 1 heterocycles. The summed E-state index contributed by atoms with van der Waals surface area (Å²) < 4.78 is 0. The molecule has 0 atom stereocenters. The quantitative estimate of drug-likeness (QED) is 0.704. The van der Waals surface area contributed by atoms with Gasteiger partial charge in [0.15, 0.2) is 0 Å². The van der Waals surface area contributed by atoms with Crippen LogP contribution in [0.2, 0.25) is 0 Å². The van der Waals surface area contributed by atoms with Crippen molar-refractivity contribution >= 4 is 5.91 Å². The Bertz CT molecular complexity index is 252. The largest absolute Gasteiger partial charge is 0.356 e. The van der Waals surface area contributed by atoms with Crippen molar-refractivity contribution in [1.29, 1.82) is 0 Å². The van der Waals surface area contributed by atoms with E-state index in [0.717, 1.165) is 25.4 Å². The fourth-order valence-corrected chi connectivity index (χ4v) is 2.29. The van der Waals surface area contributed by atoms with Crippen LogP contribution in [0.1, 0.15) is 46.5 Å². The van der Waals surface area contributed by atoms with Crippen LogP contribution in [0.3, 0.4) is 0 Å². The number of nitrogens with one attached hydrogen (secondary N) is 1. The van der Waals surface area contributed by atoms with E-state index in [1.54, 1.807) is 0 Å². The maximum Gasteiger partial charge on any atom is 0.221 e. The normalized spacial score (nSPS) is 18.9. The summed E-state index contributed by atoms with van der Waals surface area (Å²) in [5.41, 5.74) is 5.39. The van der Waals surface area contributed by atoms with Crippen molar-refractivity contribution in [3.8, 4) is 0 Å². The monoisotopic (exact) mass is 255 g/mol. The molecule has 0 unspecified atom stereocenters. The smallest absolute Gasteiger partial charge is 0.221 e. The van der Waals surface area contributed by atoms with Crippen LogP contribution in [0, 0.1) is 5.92 Å². The Balaban J connectivity index is 2.03. The molecular weight excluding hydrogens is 226 g/mol. The molecule has 106 valence electrons. The zero-order valence-corrected chi connectivity index (χ0v) is 12.2. The highest BCUT2D eigenvalue weighted by Gasteiger charge is 2.17. The summed E-state index contributed by atoms with van der Waals surface area (Å²) in [7, 11) is 0. The Hall–Kier alpha value is -0.610. The van der Waals surface area contributed by atoms with E-state index in [4.69, 9.17) is 5.73 Å². The topological polar surface area (TPSA) is 58.4 Å². The summed E-state index contributed by atoms with van der Waals surface area (Å²) >= 11 is 0. The Morgan fingerprint density at radius 1 is 1.39 bits per heavy atom. The van der Waals surface area contributed by atoms with Gasteiger partial charge in [0.25, 0.3) is 0 Å². The number of rotatable bonds is 6. The molecule has 0 saturated carbocycles. The van der Waals surface area contributed by atoms with Gasteiger partial charge in [0, 0.05) is 18.5 Å². The Morgan fingerprint density at radius 3 is 2.56 bits per heavy atom. The number of nitrogens with two attached hydrogens (primary N) is 1. The molecule has 0 bridgehead atoms. The predicted molar refractivity (Wildman–Crippen MR) is 75.3 cm³/mol. The zero-order valence-electron chi connectivity index (χ0n) is 12.2. The molecule has 1 aliphatic heterocycles. The van der Waals surface area contributed by atoms with E-state index in [9.17, 15) is 4.79 Å². The number of piperidine rings is 1. The third-order valence-electron chi connectivity index (χ3n) is 3.47. The molecule has 0 aliphatic carbocycles. The van der Waals surface area contributed by atoms with Crippen molar-refractivity contribution in [3.63, 3.8) is 0 Å². The summed E-state index contributed by atoms with van der Waals surface area (Å²) in [5.74, 6) is 0.947. The van der Waals surface area contributed by atoms with Gasteiger partial charge in [0.05, 0.1) is 0 Å². The molecule has 1 aliphatic rings. The molecule has 4 nitrogen and oxygen atoms in total. The van der Waals surface area contributed by atoms with E-state index in [1.165, 1.54) is 25.9 Å². The van der Waals surface area contributed by atoms with E-state index in [0.29, 0.717) is 6.42 Å². The van der Waals surface area contributed by atoms with Crippen LogP contribution >= 0.6 is 0 Å². The van der Waals surface area contributed by atoms with Crippen molar-refractivity contribution in [3.05, 3.63) is 0 Å². The van der Waals surface area contributed by atoms with Crippen LogP contribution in [0.15, 0.2) is 0 Å². The van der Waals surface area contributed by atoms with Crippen LogP contribution < -0.4 is 11.1 Å². The van der Waals surface area contributed by atoms with Gasteiger partial charge in [-0.2, -0.15) is 0 Å². The molecule has 0 radical (unpaired) electrons. The van der Waals surface area contributed by atoms with Gasteiger partial charge >= 0.3 is 0 Å². The lowest BCUT2D eigenvalue weighted by Gasteiger charge is -2.30. The highest BCUT2D eigenvalue weighted by molar-refractivity contribution is 5.76. The first-order chi connectivity index (χ1) is 8.37. The van der Waals surface area contributed by atoms with Gasteiger partial charge in [-0.25, -0.2) is 0 Å². The molecule has 0 spiro atoms. The van der Waals surface area contributed by atoms with E-state index in [2.05, 4.69) is 17.1 Å². The van der Waals surface area contributed by atoms with Gasteiger partial charge in [-0.05, 0) is 58.7 Å². The minimum atomic E-state index is -0.410. The third-order valence-corrected chi connectivity index (χ3v) is 3.47. The summed E-state index contributed by atoms with van der Waals surface area (Å²) in [6.07, 6.45) is 4.06. The van der Waals surface area contributed by atoms with E-state index >= 15 is 0 Å². The van der Waals surface area contributed by atoms with Gasteiger partial charge in [-0.1, -0.05) is 6.92 Å². The minimum Gasteiger partial charge on any atom is -0.356 e. The highest BCUT2D eigenvalue weighted by atomic mass is 16.1. The zero-order chi connectivity index (χ0) is 13.6. The fraction of sp³-hybridized carbons (Fsp3) is 0.929. The van der Waals surface area contributed by atoms with Crippen LogP contribution in [0.4, 0.5) is 0 Å². The maximum atomic E-state index is 11.5. The molecular formula is C14H29N3O. The molecule has 3 N–H and O–H groups in total. The van der Waals surface area contributed by atoms with E-state index in [1.807, 2.05) is 13.8 Å². The van der Waals surface area contributed by atoms with Crippen molar-refractivity contribution in [2.45, 2.75) is 52.0 Å². The van der Waals surface area contributed by atoms with Gasteiger partial charge in [-0.3, -0.25) is 4.79 Å². The van der Waals surface area contributed by atoms with Crippen molar-refractivity contribution in [2.24, 2.45) is 11.7 Å². The van der Waals surface area contributed by atoms with Crippen LogP contribution in [0.5, 0.6) is 0 Å². The Kier molecular flexibility index (Phi) is 6.09. The van der Waals surface area contributed by atoms with Gasteiger partial charge in [-0.15, -0.1) is 0 Å². The summed E-state index contributed by atoms with van der Waals surface area (Å²) in [6.45, 7) is 10.4. The van der Waals surface area contributed by atoms with Gasteiger partial charge < -0.3 is 16.0 Å². The standard InChI is InChI=1S/C14H29N3O/c1-12-5-9-17(10-6-12)8-4-7-16-13(18)11-14(2,3)15/h12H,4-11,15H2,1-3H3,(H,16,18). The molecule has 0 aromatic heterocycles. The number of carbonyl (C=O) groups is 1. The number of carbonyl (C=O) groups excluding carboxylic acids is 1. The average Bonchev–Trinajstić information content (AvgIpc) is 2.24. The molecule has 1 amide bonds. The number of amides is 1. The Labute approximate surface area is 111 Å². The molecule has 1 fully saturated rings. The number of nitrogens with zero attached hydrogens (tertiary/aromatic N) is 1. The fourth-order valence-electron chi connectivity index (χ4n) is 2.29. The third kappa shape index (κ3) is 6.97. The minimum absolute atomic E-state index is 0.0646. The molecule has 1 saturated heterocycles. The van der Waals surface area contributed by atoms with Crippen LogP contribution in [-0.4, -0.2) is 42.5 Å². The summed E-state index contributed by atoms with van der Waals surface area (Å²) in [5, 5.41) is 2.94. The second-order valence-corrected chi connectivity index (χ2v) is 6.39. The van der Waals surface area contributed by atoms with Gasteiger partial charge in [0.1, 0.15) is 0 Å². The average molecular weight is 255 g/mol. The number of likely N-dealkylation sites (tertiary alicyclic amines) is 1. The second-order valence-electron chi connectivity index (χ2n) is 6.39. The molecule has 1 rings (SSSR count). The van der Waals surface area contributed by atoms with E-state index in [-0.39, 0.29) is 5.91 Å². The van der Waals surface area contributed by atoms with E-state index < -0.39 is 5.54 Å². The summed E-state index contributed by atoms with van der Waals surface area (Å²) in [6, 6.07) is 0. The van der Waals surface area contributed by atoms with Crippen molar-refractivity contribution in [1.82, 2.24) is 10.2 Å². The lowest BCUT2D eigenvalue weighted by Crippen LogP contribution is -2.40. The number of hydrogen-bond acceptors (Lipinski definition) is 3. The number of hydrogen-bond donors (Lipinski definition) is 2. The first-order valence-corrected chi connectivity index (χ1v) is 7.15. The van der Waals surface area contributed by atoms with Crippen molar-refractivity contribution in [2.75, 3.05) is 26.2 Å². The van der Waals surface area contributed by atoms with Gasteiger partial charge in [0.2, 0.25) is 5.91 Å². The second kappa shape index (κ2) is 7.10. The molecule has 0 aromatic carbocycles. The first-order valence-electron chi connectivity index (χ1n) is 7.15. The molecule has 0 aromatic rings. The van der Waals surface area contributed by atoms with Crippen LogP contribution in [-0.2, 0) is 4.79 Å². The lowest BCUT2D eigenvalue weighted by atomic mass is 9.99. The molecule has 4 heteroatoms. The maximum absolute atomic E-state index is 11.5. The lowest BCUT2D eigenvalue weighted by molar-refractivity contribution is -0.122.